The van der Waals surface area contributed by atoms with Crippen molar-refractivity contribution in [2.45, 2.75) is 26.3 Å². The highest BCUT2D eigenvalue weighted by Gasteiger charge is 2.06. The minimum absolute atomic E-state index is 0.398. The van der Waals surface area contributed by atoms with Gasteiger partial charge in [-0.15, -0.1) is 0 Å². The Labute approximate surface area is 55.0 Å². The number of rotatable bonds is 4. The van der Waals surface area contributed by atoms with Gasteiger partial charge in [-0.25, -0.2) is 0 Å². The Morgan fingerprint density at radius 2 is 2.22 bits per heavy atom. The number of hydrogen-bond donors (Lipinski definition) is 2. The maximum absolute atomic E-state index is 10.0. The van der Waals surface area contributed by atoms with Crippen molar-refractivity contribution in [3.63, 3.8) is 0 Å². The fraction of sp³-hybridized carbons (Fsp3) is 0.833. The van der Waals surface area contributed by atoms with Crippen molar-refractivity contribution >= 4 is 6.29 Å². The Kier molecular flexibility index (Phi) is 4.26. The Hall–Kier alpha value is -0.410. The molecule has 0 aromatic rings. The van der Waals surface area contributed by atoms with Crippen LogP contribution in [0.4, 0.5) is 0 Å². The molecular formula is C6H13NO2. The van der Waals surface area contributed by atoms with Gasteiger partial charge in [0.1, 0.15) is 6.29 Å². The third-order valence-electron chi connectivity index (χ3n) is 1.06. The van der Waals surface area contributed by atoms with E-state index in [0.717, 1.165) is 0 Å². The van der Waals surface area contributed by atoms with Gasteiger partial charge < -0.3 is 10.0 Å². The summed E-state index contributed by atoms with van der Waals surface area (Å²) in [6.45, 7) is 3.99. The van der Waals surface area contributed by atoms with Crippen LogP contribution in [0.2, 0.25) is 0 Å². The number of hydroxylamine groups is 1. The summed E-state index contributed by atoms with van der Waals surface area (Å²) in [5.74, 6) is 0.430. The van der Waals surface area contributed by atoms with Crippen LogP contribution in [0.1, 0.15) is 20.3 Å². The first-order valence-corrected chi connectivity index (χ1v) is 3.05. The normalized spacial score (nSPS) is 13.8. The first kappa shape index (κ1) is 8.59. The van der Waals surface area contributed by atoms with Gasteiger partial charge in [-0.3, -0.25) is 0 Å². The fourth-order valence-electron chi connectivity index (χ4n) is 0.647. The third kappa shape index (κ3) is 4.12. The van der Waals surface area contributed by atoms with Crippen LogP contribution in [-0.2, 0) is 4.79 Å². The van der Waals surface area contributed by atoms with E-state index in [1.54, 1.807) is 0 Å². The van der Waals surface area contributed by atoms with Crippen LogP contribution in [-0.4, -0.2) is 17.5 Å². The van der Waals surface area contributed by atoms with E-state index in [2.05, 4.69) is 0 Å². The van der Waals surface area contributed by atoms with Gasteiger partial charge >= 0.3 is 0 Å². The summed E-state index contributed by atoms with van der Waals surface area (Å²) in [6.07, 6.45) is 1.39. The molecule has 0 amide bonds. The van der Waals surface area contributed by atoms with E-state index in [9.17, 15) is 4.79 Å². The monoisotopic (exact) mass is 131 g/mol. The molecule has 0 aliphatic carbocycles. The van der Waals surface area contributed by atoms with Gasteiger partial charge in [0.25, 0.3) is 0 Å². The van der Waals surface area contributed by atoms with Crippen molar-refractivity contribution < 1.29 is 10.0 Å². The van der Waals surface area contributed by atoms with E-state index in [4.69, 9.17) is 5.21 Å². The Balaban J connectivity index is 3.42. The molecule has 3 heteroatoms. The zero-order valence-electron chi connectivity index (χ0n) is 5.79. The van der Waals surface area contributed by atoms with Crippen molar-refractivity contribution in [2.24, 2.45) is 5.92 Å². The van der Waals surface area contributed by atoms with Crippen molar-refractivity contribution in [1.29, 1.82) is 0 Å². The molecule has 3 nitrogen and oxygen atoms in total. The van der Waals surface area contributed by atoms with E-state index in [0.29, 0.717) is 18.6 Å². The zero-order chi connectivity index (χ0) is 7.28. The molecule has 0 rings (SSSR count). The summed E-state index contributed by atoms with van der Waals surface area (Å²) in [6, 6.07) is -0.398. The number of carbonyl (C=O) groups is 1. The maximum atomic E-state index is 10.0. The molecule has 0 aromatic carbocycles. The average Bonchev–Trinajstić information content (AvgIpc) is 1.82. The molecule has 1 unspecified atom stereocenters. The summed E-state index contributed by atoms with van der Waals surface area (Å²) in [5, 5.41) is 8.29. The Bertz CT molecular complexity index is 83.1. The topological polar surface area (TPSA) is 49.3 Å². The molecule has 0 heterocycles. The van der Waals surface area contributed by atoms with Gasteiger partial charge in [-0.2, -0.15) is 5.48 Å². The lowest BCUT2D eigenvalue weighted by molar-refractivity contribution is -0.112. The summed E-state index contributed by atoms with van der Waals surface area (Å²) < 4.78 is 0. The molecule has 0 bridgehead atoms. The Morgan fingerprint density at radius 1 is 1.67 bits per heavy atom. The molecule has 0 aromatic heterocycles. The van der Waals surface area contributed by atoms with Crippen molar-refractivity contribution in [2.75, 3.05) is 0 Å². The van der Waals surface area contributed by atoms with Crippen LogP contribution in [0.5, 0.6) is 0 Å². The lowest BCUT2D eigenvalue weighted by atomic mass is 10.1. The van der Waals surface area contributed by atoms with Crippen LogP contribution in [0.25, 0.3) is 0 Å². The van der Waals surface area contributed by atoms with Gasteiger partial charge in [-0.05, 0) is 12.3 Å². The highest BCUT2D eigenvalue weighted by atomic mass is 16.5. The summed E-state index contributed by atoms with van der Waals surface area (Å²) in [7, 11) is 0. The lowest BCUT2D eigenvalue weighted by Crippen LogP contribution is -2.28. The van der Waals surface area contributed by atoms with Gasteiger partial charge in [0.15, 0.2) is 0 Å². The number of carbonyl (C=O) groups excluding carboxylic acids is 1. The molecule has 0 fully saturated rings. The molecule has 54 valence electrons. The van der Waals surface area contributed by atoms with Crippen LogP contribution in [0, 0.1) is 5.92 Å². The summed E-state index contributed by atoms with van der Waals surface area (Å²) in [5.41, 5.74) is 1.92. The molecule has 0 spiro atoms. The van der Waals surface area contributed by atoms with E-state index < -0.39 is 6.04 Å². The third-order valence-corrected chi connectivity index (χ3v) is 1.06. The molecule has 1 atom stereocenters. The second-order valence-corrected chi connectivity index (χ2v) is 2.50. The highest BCUT2D eigenvalue weighted by Crippen LogP contribution is 2.01. The van der Waals surface area contributed by atoms with E-state index in [1.165, 1.54) is 0 Å². The SMILES string of the molecule is CC(C)CC(C=O)NO. The molecule has 0 radical (unpaired) electrons. The zero-order valence-corrected chi connectivity index (χ0v) is 5.79. The smallest absolute Gasteiger partial charge is 0.139 e. The van der Waals surface area contributed by atoms with Crippen LogP contribution >= 0.6 is 0 Å². The largest absolute Gasteiger partial charge is 0.316 e. The molecule has 2 N–H and O–H groups in total. The van der Waals surface area contributed by atoms with Gasteiger partial charge in [-0.1, -0.05) is 13.8 Å². The fourth-order valence-corrected chi connectivity index (χ4v) is 0.647. The van der Waals surface area contributed by atoms with Crippen LogP contribution < -0.4 is 5.48 Å². The second-order valence-electron chi connectivity index (χ2n) is 2.50. The minimum atomic E-state index is -0.398. The molecule has 0 aliphatic rings. The predicted octanol–water partition coefficient (Wildman–Crippen LogP) is 0.579. The van der Waals surface area contributed by atoms with Gasteiger partial charge in [0, 0.05) is 0 Å². The predicted molar refractivity (Wildman–Crippen MR) is 34.2 cm³/mol. The molecule has 0 aliphatic heterocycles. The molecule has 0 saturated carbocycles. The van der Waals surface area contributed by atoms with Crippen molar-refractivity contribution in [1.82, 2.24) is 5.48 Å². The quantitative estimate of drug-likeness (QED) is 0.433. The minimum Gasteiger partial charge on any atom is -0.316 e. The average molecular weight is 131 g/mol. The standard InChI is InChI=1S/C6H13NO2/c1-5(2)3-6(4-8)7-9/h4-7,9H,3H2,1-2H3. The molecule has 9 heavy (non-hydrogen) atoms. The summed E-state index contributed by atoms with van der Waals surface area (Å²) >= 11 is 0. The first-order chi connectivity index (χ1) is 4.20. The number of aldehydes is 1. The second kappa shape index (κ2) is 4.47. The highest BCUT2D eigenvalue weighted by molar-refractivity contribution is 5.56. The summed E-state index contributed by atoms with van der Waals surface area (Å²) in [4.78, 5) is 10.0. The number of nitrogens with one attached hydrogen (secondary N) is 1. The lowest BCUT2D eigenvalue weighted by Gasteiger charge is -2.08. The molecular weight excluding hydrogens is 118 g/mol. The van der Waals surface area contributed by atoms with Crippen LogP contribution in [0.15, 0.2) is 0 Å². The van der Waals surface area contributed by atoms with Crippen molar-refractivity contribution in [3.8, 4) is 0 Å². The maximum Gasteiger partial charge on any atom is 0.139 e. The van der Waals surface area contributed by atoms with Crippen molar-refractivity contribution in [3.05, 3.63) is 0 Å². The van der Waals surface area contributed by atoms with E-state index in [-0.39, 0.29) is 0 Å². The molecule has 0 saturated heterocycles. The Morgan fingerprint density at radius 3 is 2.33 bits per heavy atom. The van der Waals surface area contributed by atoms with E-state index >= 15 is 0 Å². The van der Waals surface area contributed by atoms with Gasteiger partial charge in [0.05, 0.1) is 6.04 Å². The van der Waals surface area contributed by atoms with Crippen LogP contribution in [0.3, 0.4) is 0 Å². The van der Waals surface area contributed by atoms with Gasteiger partial charge in [0.2, 0.25) is 0 Å². The first-order valence-electron chi connectivity index (χ1n) is 3.05. The van der Waals surface area contributed by atoms with E-state index in [1.807, 2.05) is 19.3 Å². The number of hydrogen-bond acceptors (Lipinski definition) is 3.